The molecule has 1 N–H and O–H groups in total. The predicted octanol–water partition coefficient (Wildman–Crippen LogP) is 2.61. The van der Waals surface area contributed by atoms with Gasteiger partial charge in [0.15, 0.2) is 0 Å². The van der Waals surface area contributed by atoms with E-state index in [4.69, 9.17) is 4.74 Å². The van der Waals surface area contributed by atoms with Crippen LogP contribution >= 0.6 is 0 Å². The quantitative estimate of drug-likeness (QED) is 0.766. The second-order valence-electron chi connectivity index (χ2n) is 3.48. The Hall–Kier alpha value is -1.18. The monoisotopic (exact) mass is 177 g/mol. The molecule has 1 aromatic carbocycles. The molecule has 1 saturated carbocycles. The molecule has 2 heteroatoms. The molecule has 13 heavy (non-hydrogen) atoms. The van der Waals surface area contributed by atoms with Gasteiger partial charge in [-0.25, -0.2) is 0 Å². The maximum Gasteiger partial charge on any atom is 0.119 e. The maximum atomic E-state index is 5.20. The third-order valence-electron chi connectivity index (χ3n) is 2.55. The molecule has 0 aromatic heterocycles. The van der Waals surface area contributed by atoms with Crippen molar-refractivity contribution < 1.29 is 4.74 Å². The standard InChI is InChI=1S/C11H15NO/c1-12-11-6-5-9(13-2)7-10(11)8-3-4-8/h5-8,12H,3-4H2,1-2H3. The van der Waals surface area contributed by atoms with Crippen LogP contribution < -0.4 is 10.1 Å². The minimum atomic E-state index is 0.762. The minimum absolute atomic E-state index is 0.762. The fourth-order valence-corrected chi connectivity index (χ4v) is 1.63. The third-order valence-corrected chi connectivity index (χ3v) is 2.55. The summed E-state index contributed by atoms with van der Waals surface area (Å²) in [4.78, 5) is 0. The lowest BCUT2D eigenvalue weighted by atomic mass is 10.1. The van der Waals surface area contributed by atoms with E-state index in [9.17, 15) is 0 Å². The van der Waals surface area contributed by atoms with E-state index >= 15 is 0 Å². The zero-order chi connectivity index (χ0) is 9.26. The van der Waals surface area contributed by atoms with Crippen molar-refractivity contribution in [3.63, 3.8) is 0 Å². The van der Waals surface area contributed by atoms with Crippen LogP contribution in [-0.4, -0.2) is 14.2 Å². The Balaban J connectivity index is 2.35. The van der Waals surface area contributed by atoms with Gasteiger partial charge in [-0.3, -0.25) is 0 Å². The van der Waals surface area contributed by atoms with Crippen molar-refractivity contribution in [3.05, 3.63) is 23.8 Å². The lowest BCUT2D eigenvalue weighted by Crippen LogP contribution is -1.94. The Morgan fingerprint density at radius 2 is 2.15 bits per heavy atom. The van der Waals surface area contributed by atoms with Gasteiger partial charge in [-0.15, -0.1) is 0 Å². The van der Waals surface area contributed by atoms with E-state index in [-0.39, 0.29) is 0 Å². The molecule has 70 valence electrons. The first-order valence-electron chi connectivity index (χ1n) is 4.71. The Labute approximate surface area is 78.9 Å². The van der Waals surface area contributed by atoms with Gasteiger partial charge in [0, 0.05) is 12.7 Å². The molecule has 1 fully saturated rings. The van der Waals surface area contributed by atoms with Crippen LogP contribution in [0, 0.1) is 0 Å². The SMILES string of the molecule is CNc1ccc(OC)cc1C1CC1. The first-order chi connectivity index (χ1) is 6.35. The second-order valence-corrected chi connectivity index (χ2v) is 3.48. The van der Waals surface area contributed by atoms with Crippen LogP contribution in [0.3, 0.4) is 0 Å². The van der Waals surface area contributed by atoms with Gasteiger partial charge in [-0.05, 0) is 42.5 Å². The summed E-state index contributed by atoms with van der Waals surface area (Å²) in [6, 6.07) is 6.23. The Morgan fingerprint density at radius 3 is 2.69 bits per heavy atom. The highest BCUT2D eigenvalue weighted by molar-refractivity contribution is 5.56. The van der Waals surface area contributed by atoms with E-state index in [0.717, 1.165) is 11.7 Å². The van der Waals surface area contributed by atoms with E-state index in [2.05, 4.69) is 17.4 Å². The molecule has 0 bridgehead atoms. The number of methoxy groups -OCH3 is 1. The zero-order valence-electron chi connectivity index (χ0n) is 8.13. The van der Waals surface area contributed by atoms with Gasteiger partial charge in [0.2, 0.25) is 0 Å². The summed E-state index contributed by atoms with van der Waals surface area (Å²) in [5, 5.41) is 3.21. The molecule has 0 heterocycles. The molecule has 0 aliphatic heterocycles. The number of ether oxygens (including phenoxy) is 1. The molecular weight excluding hydrogens is 162 g/mol. The zero-order valence-corrected chi connectivity index (χ0v) is 8.13. The summed E-state index contributed by atoms with van der Waals surface area (Å²) in [7, 11) is 3.68. The number of hydrogen-bond acceptors (Lipinski definition) is 2. The van der Waals surface area contributed by atoms with Crippen molar-refractivity contribution in [2.24, 2.45) is 0 Å². The topological polar surface area (TPSA) is 21.3 Å². The molecule has 0 spiro atoms. The van der Waals surface area contributed by atoms with Crippen LogP contribution in [0.15, 0.2) is 18.2 Å². The third kappa shape index (κ3) is 1.62. The number of rotatable bonds is 3. The fraction of sp³-hybridized carbons (Fsp3) is 0.455. The van der Waals surface area contributed by atoms with Gasteiger partial charge in [-0.2, -0.15) is 0 Å². The van der Waals surface area contributed by atoms with Gasteiger partial charge >= 0.3 is 0 Å². The summed E-state index contributed by atoms with van der Waals surface area (Å²) in [6.07, 6.45) is 2.64. The molecule has 0 unspecified atom stereocenters. The van der Waals surface area contributed by atoms with Crippen LogP contribution in [-0.2, 0) is 0 Å². The minimum Gasteiger partial charge on any atom is -0.497 e. The van der Waals surface area contributed by atoms with Crippen molar-refractivity contribution in [1.29, 1.82) is 0 Å². The van der Waals surface area contributed by atoms with Crippen molar-refractivity contribution in [2.45, 2.75) is 18.8 Å². The smallest absolute Gasteiger partial charge is 0.119 e. The second kappa shape index (κ2) is 3.29. The van der Waals surface area contributed by atoms with Crippen LogP contribution in [0.4, 0.5) is 5.69 Å². The summed E-state index contributed by atoms with van der Waals surface area (Å²) in [5.41, 5.74) is 2.64. The molecule has 0 radical (unpaired) electrons. The molecule has 2 nitrogen and oxygen atoms in total. The van der Waals surface area contributed by atoms with Crippen molar-refractivity contribution in [1.82, 2.24) is 0 Å². The predicted molar refractivity (Wildman–Crippen MR) is 54.5 cm³/mol. The molecular formula is C11H15NO. The highest BCUT2D eigenvalue weighted by Crippen LogP contribution is 2.44. The molecule has 0 amide bonds. The van der Waals surface area contributed by atoms with E-state index in [1.807, 2.05) is 13.1 Å². The average Bonchev–Trinajstić information content (AvgIpc) is 3.00. The highest BCUT2D eigenvalue weighted by atomic mass is 16.5. The lowest BCUT2D eigenvalue weighted by Gasteiger charge is -2.09. The fourth-order valence-electron chi connectivity index (χ4n) is 1.63. The summed E-state index contributed by atoms with van der Waals surface area (Å²) >= 11 is 0. The van der Waals surface area contributed by atoms with Gasteiger partial charge < -0.3 is 10.1 Å². The largest absolute Gasteiger partial charge is 0.497 e. The Kier molecular flexibility index (Phi) is 2.13. The lowest BCUT2D eigenvalue weighted by molar-refractivity contribution is 0.414. The number of anilines is 1. The van der Waals surface area contributed by atoms with Crippen molar-refractivity contribution in [3.8, 4) is 5.75 Å². The van der Waals surface area contributed by atoms with E-state index in [0.29, 0.717) is 0 Å². The Bertz CT molecular complexity index is 305. The van der Waals surface area contributed by atoms with E-state index in [1.54, 1.807) is 7.11 Å². The van der Waals surface area contributed by atoms with Crippen LogP contribution in [0.2, 0.25) is 0 Å². The Morgan fingerprint density at radius 1 is 1.38 bits per heavy atom. The van der Waals surface area contributed by atoms with Gasteiger partial charge in [0.1, 0.15) is 5.75 Å². The average molecular weight is 177 g/mol. The molecule has 1 aliphatic rings. The summed E-state index contributed by atoms with van der Waals surface area (Å²) in [5.74, 6) is 1.72. The maximum absolute atomic E-state index is 5.20. The highest BCUT2D eigenvalue weighted by Gasteiger charge is 2.26. The molecule has 1 aliphatic carbocycles. The van der Waals surface area contributed by atoms with Crippen molar-refractivity contribution >= 4 is 5.69 Å². The van der Waals surface area contributed by atoms with Gasteiger partial charge in [0.05, 0.1) is 7.11 Å². The normalized spacial score (nSPS) is 15.5. The number of benzene rings is 1. The number of hydrogen-bond donors (Lipinski definition) is 1. The number of nitrogens with one attached hydrogen (secondary N) is 1. The first kappa shape index (κ1) is 8.42. The van der Waals surface area contributed by atoms with E-state index in [1.165, 1.54) is 24.1 Å². The molecule has 0 atom stereocenters. The van der Waals surface area contributed by atoms with Crippen LogP contribution in [0.1, 0.15) is 24.3 Å². The van der Waals surface area contributed by atoms with Crippen molar-refractivity contribution in [2.75, 3.05) is 19.5 Å². The van der Waals surface area contributed by atoms with Gasteiger partial charge in [0.25, 0.3) is 0 Å². The summed E-state index contributed by atoms with van der Waals surface area (Å²) in [6.45, 7) is 0. The van der Waals surface area contributed by atoms with Crippen LogP contribution in [0.5, 0.6) is 5.75 Å². The van der Waals surface area contributed by atoms with E-state index < -0.39 is 0 Å². The molecule has 1 aromatic rings. The molecule has 2 rings (SSSR count). The van der Waals surface area contributed by atoms with Gasteiger partial charge in [-0.1, -0.05) is 0 Å². The first-order valence-corrected chi connectivity index (χ1v) is 4.71. The molecule has 0 saturated heterocycles. The van der Waals surface area contributed by atoms with Crippen LogP contribution in [0.25, 0.3) is 0 Å². The summed E-state index contributed by atoms with van der Waals surface area (Å²) < 4.78 is 5.20.